The van der Waals surface area contributed by atoms with Crippen molar-refractivity contribution in [1.29, 1.82) is 0 Å². The Morgan fingerprint density at radius 3 is 2.69 bits per heavy atom. The van der Waals surface area contributed by atoms with E-state index in [-0.39, 0.29) is 33.2 Å². The molecule has 3 rings (SSSR count). The smallest absolute Gasteiger partial charge is 0.226 e. The van der Waals surface area contributed by atoms with Crippen LogP contribution in [0.4, 0.5) is 0 Å². The van der Waals surface area contributed by atoms with Crippen molar-refractivity contribution in [3.63, 3.8) is 0 Å². The van der Waals surface area contributed by atoms with Gasteiger partial charge in [0, 0.05) is 31.5 Å². The van der Waals surface area contributed by atoms with Crippen LogP contribution in [0.5, 0.6) is 0 Å². The van der Waals surface area contributed by atoms with Crippen LogP contribution >= 0.6 is 11.6 Å². The molecule has 0 aromatic carbocycles. The number of pyridine rings is 1. The number of carbonyl (C=O) groups is 1. The van der Waals surface area contributed by atoms with E-state index in [0.717, 1.165) is 6.26 Å². The van der Waals surface area contributed by atoms with Gasteiger partial charge in [0.05, 0.1) is 33.0 Å². The molecule has 0 bridgehead atoms. The van der Waals surface area contributed by atoms with Crippen LogP contribution in [0.1, 0.15) is 30.9 Å². The molecule has 1 aromatic heterocycles. The van der Waals surface area contributed by atoms with Crippen molar-refractivity contribution in [3.8, 4) is 0 Å². The van der Waals surface area contributed by atoms with E-state index in [1.807, 2.05) is 0 Å². The van der Waals surface area contributed by atoms with E-state index in [4.69, 9.17) is 11.6 Å². The lowest BCUT2D eigenvalue weighted by Crippen LogP contribution is -2.43. The third-order valence-electron chi connectivity index (χ3n) is 4.95. The molecule has 1 aromatic rings. The van der Waals surface area contributed by atoms with Crippen LogP contribution in [-0.4, -0.2) is 63.5 Å². The highest BCUT2D eigenvalue weighted by molar-refractivity contribution is 7.91. The Morgan fingerprint density at radius 2 is 2.08 bits per heavy atom. The number of hydrogen-bond donors (Lipinski definition) is 0. The number of amides is 1. The molecule has 2 fully saturated rings. The summed E-state index contributed by atoms with van der Waals surface area (Å²) in [6.07, 6.45) is 4.30. The Balaban J connectivity index is 1.83. The van der Waals surface area contributed by atoms with Gasteiger partial charge < -0.3 is 4.90 Å². The molecule has 2 atom stereocenters. The topological polar surface area (TPSA) is 101 Å². The highest BCUT2D eigenvalue weighted by Gasteiger charge is 2.37. The molecule has 26 heavy (non-hydrogen) atoms. The average Bonchev–Trinajstić information content (AvgIpc) is 2.93. The molecular formula is C16H21ClN2O5S2. The molecule has 2 unspecified atom stereocenters. The predicted octanol–water partition coefficient (Wildman–Crippen LogP) is 1.28. The van der Waals surface area contributed by atoms with E-state index in [1.54, 1.807) is 4.90 Å². The quantitative estimate of drug-likeness (QED) is 0.729. The number of rotatable bonds is 3. The Hall–Kier alpha value is -1.19. The van der Waals surface area contributed by atoms with E-state index in [9.17, 15) is 21.6 Å². The van der Waals surface area contributed by atoms with Crippen LogP contribution in [0.3, 0.4) is 0 Å². The minimum absolute atomic E-state index is 0.0532. The van der Waals surface area contributed by atoms with Gasteiger partial charge >= 0.3 is 0 Å². The first-order valence-corrected chi connectivity index (χ1v) is 12.5. The van der Waals surface area contributed by atoms with Gasteiger partial charge in [-0.3, -0.25) is 9.78 Å². The van der Waals surface area contributed by atoms with Gasteiger partial charge in [0.15, 0.2) is 19.7 Å². The van der Waals surface area contributed by atoms with Crippen LogP contribution in [-0.2, 0) is 24.5 Å². The monoisotopic (exact) mass is 420 g/mol. The largest absolute Gasteiger partial charge is 0.342 e. The number of aromatic nitrogens is 1. The lowest BCUT2D eigenvalue weighted by molar-refractivity contribution is -0.136. The molecule has 10 heteroatoms. The van der Waals surface area contributed by atoms with Gasteiger partial charge in [-0.2, -0.15) is 0 Å². The van der Waals surface area contributed by atoms with E-state index in [0.29, 0.717) is 38.0 Å². The first kappa shape index (κ1) is 19.6. The van der Waals surface area contributed by atoms with E-state index >= 15 is 0 Å². The second kappa shape index (κ2) is 7.09. The Kier molecular flexibility index (Phi) is 5.33. The van der Waals surface area contributed by atoms with Gasteiger partial charge in [-0.05, 0) is 25.3 Å². The number of sulfone groups is 2. The number of halogens is 1. The minimum atomic E-state index is -3.50. The number of nitrogens with zero attached hydrogens (tertiary/aromatic N) is 2. The summed E-state index contributed by atoms with van der Waals surface area (Å²) >= 11 is 5.91. The van der Waals surface area contributed by atoms with Gasteiger partial charge in [-0.1, -0.05) is 11.6 Å². The molecule has 0 saturated carbocycles. The first-order chi connectivity index (χ1) is 12.1. The fraction of sp³-hybridized carbons (Fsp3) is 0.625. The van der Waals surface area contributed by atoms with Crippen molar-refractivity contribution in [2.45, 2.75) is 30.1 Å². The normalized spacial score (nSPS) is 26.0. The number of likely N-dealkylation sites (tertiary alicyclic amines) is 1. The van der Waals surface area contributed by atoms with Crippen LogP contribution in [0.2, 0.25) is 5.02 Å². The fourth-order valence-electron chi connectivity index (χ4n) is 3.68. The average molecular weight is 421 g/mol. The second-order valence-corrected chi connectivity index (χ2v) is 11.7. The molecular weight excluding hydrogens is 400 g/mol. The summed E-state index contributed by atoms with van der Waals surface area (Å²) in [4.78, 5) is 18.7. The van der Waals surface area contributed by atoms with Crippen LogP contribution in [0.15, 0.2) is 17.2 Å². The Morgan fingerprint density at radius 1 is 1.35 bits per heavy atom. The number of piperidine rings is 1. The van der Waals surface area contributed by atoms with Crippen LogP contribution in [0.25, 0.3) is 0 Å². The molecule has 144 valence electrons. The maximum Gasteiger partial charge on any atom is 0.226 e. The minimum Gasteiger partial charge on any atom is -0.342 e. The zero-order valence-electron chi connectivity index (χ0n) is 14.4. The van der Waals surface area contributed by atoms with Crippen molar-refractivity contribution in [1.82, 2.24) is 9.88 Å². The maximum atomic E-state index is 12.7. The molecule has 0 N–H and O–H groups in total. The molecule has 0 aliphatic carbocycles. The SMILES string of the molecule is CS(=O)(=O)c1cc(Cl)cnc1C1CCCN(C(=O)C2CCS(=O)(=O)C2)C1. The highest BCUT2D eigenvalue weighted by atomic mass is 35.5. The molecule has 1 amide bonds. The summed E-state index contributed by atoms with van der Waals surface area (Å²) in [5.41, 5.74) is 0.424. The summed E-state index contributed by atoms with van der Waals surface area (Å²) in [5, 5.41) is 0.245. The van der Waals surface area contributed by atoms with Gasteiger partial charge in [-0.25, -0.2) is 16.8 Å². The molecule has 0 spiro atoms. The lowest BCUT2D eigenvalue weighted by Gasteiger charge is -2.34. The van der Waals surface area contributed by atoms with E-state index < -0.39 is 25.6 Å². The molecule has 7 nitrogen and oxygen atoms in total. The third kappa shape index (κ3) is 4.20. The Bertz CT molecular complexity index is 930. The van der Waals surface area contributed by atoms with Gasteiger partial charge in [0.1, 0.15) is 0 Å². The van der Waals surface area contributed by atoms with Gasteiger partial charge in [0.2, 0.25) is 5.91 Å². The third-order valence-corrected chi connectivity index (χ3v) is 8.05. The van der Waals surface area contributed by atoms with Crippen LogP contribution < -0.4 is 0 Å². The van der Waals surface area contributed by atoms with Gasteiger partial charge in [-0.15, -0.1) is 0 Å². The van der Waals surface area contributed by atoms with E-state index in [1.165, 1.54) is 12.3 Å². The summed E-state index contributed by atoms with van der Waals surface area (Å²) in [7, 11) is -6.63. The summed E-state index contributed by atoms with van der Waals surface area (Å²) in [5.74, 6) is -0.914. The Labute approximate surface area is 158 Å². The van der Waals surface area contributed by atoms with Crippen molar-refractivity contribution in [3.05, 3.63) is 23.0 Å². The van der Waals surface area contributed by atoms with Crippen molar-refractivity contribution >= 4 is 37.2 Å². The zero-order chi connectivity index (χ0) is 19.1. The first-order valence-electron chi connectivity index (χ1n) is 8.41. The standard InChI is InChI=1S/C16H21ClN2O5S2/c1-25(21,22)14-7-13(17)8-18-15(14)11-3-2-5-19(9-11)16(20)12-4-6-26(23,24)10-12/h7-8,11-12H,2-6,9-10H2,1H3. The summed E-state index contributed by atoms with van der Waals surface area (Å²) < 4.78 is 47.5. The lowest BCUT2D eigenvalue weighted by atomic mass is 9.93. The fourth-order valence-corrected chi connectivity index (χ4v) is 6.58. The predicted molar refractivity (Wildman–Crippen MR) is 97.7 cm³/mol. The van der Waals surface area contributed by atoms with Crippen LogP contribution in [0, 0.1) is 5.92 Å². The van der Waals surface area contributed by atoms with Gasteiger partial charge in [0.25, 0.3) is 0 Å². The summed E-state index contributed by atoms with van der Waals surface area (Å²) in [6.45, 7) is 0.889. The van der Waals surface area contributed by atoms with E-state index in [2.05, 4.69) is 4.98 Å². The molecule has 3 heterocycles. The molecule has 0 radical (unpaired) electrons. The number of hydrogen-bond acceptors (Lipinski definition) is 6. The molecule has 2 aliphatic heterocycles. The van der Waals surface area contributed by atoms with Crippen molar-refractivity contribution in [2.75, 3.05) is 30.9 Å². The highest BCUT2D eigenvalue weighted by Crippen LogP contribution is 2.32. The van der Waals surface area contributed by atoms with Crippen molar-refractivity contribution < 1.29 is 21.6 Å². The zero-order valence-corrected chi connectivity index (χ0v) is 16.8. The molecule has 2 aliphatic rings. The number of carbonyl (C=O) groups excluding carboxylic acids is 1. The second-order valence-electron chi connectivity index (χ2n) is 7.03. The molecule has 2 saturated heterocycles. The maximum absolute atomic E-state index is 12.7. The summed E-state index contributed by atoms with van der Waals surface area (Å²) in [6, 6.07) is 1.39. The van der Waals surface area contributed by atoms with Crippen molar-refractivity contribution in [2.24, 2.45) is 5.92 Å².